The predicted octanol–water partition coefficient (Wildman–Crippen LogP) is 9.51. The fourth-order valence-corrected chi connectivity index (χ4v) is 10.3. The van der Waals surface area contributed by atoms with Gasteiger partial charge in [0, 0.05) is 128 Å². The van der Waals surface area contributed by atoms with Crippen molar-refractivity contribution >= 4 is 108 Å². The first-order valence-electron chi connectivity index (χ1n) is 25.6. The molecule has 3 amide bonds. The maximum atomic E-state index is 12.7. The molecule has 9 aromatic rings. The first kappa shape index (κ1) is 56.0. The maximum Gasteiger partial charge on any atom is 0.253 e. The molecule has 0 radical (unpaired) electrons. The first-order valence-corrected chi connectivity index (χ1v) is 27.1. The molecular weight excluding hydrogens is 1080 g/mol. The Kier molecular flexibility index (Phi) is 18.6. The van der Waals surface area contributed by atoms with Crippen LogP contribution in [0.1, 0.15) is 51.8 Å². The molecule has 0 bridgehead atoms. The van der Waals surface area contributed by atoms with E-state index >= 15 is 0 Å². The lowest BCUT2D eigenvalue weighted by atomic mass is 10.1. The van der Waals surface area contributed by atoms with Crippen LogP contribution in [0, 0.1) is 0 Å². The number of hydrogen-bond donors (Lipinski definition) is 1. The Hall–Kier alpha value is -7.74. The summed E-state index contributed by atoms with van der Waals surface area (Å²) in [6, 6.07) is 39.9. The molecule has 3 aliphatic rings. The van der Waals surface area contributed by atoms with Crippen molar-refractivity contribution in [1.29, 1.82) is 0 Å². The molecule has 12 rings (SSSR count). The van der Waals surface area contributed by atoms with Gasteiger partial charge >= 0.3 is 0 Å². The normalized spacial score (nSPS) is 17.2. The molecule has 0 unspecified atom stereocenters. The van der Waals surface area contributed by atoms with Gasteiger partial charge in [-0.3, -0.25) is 29.3 Å². The van der Waals surface area contributed by atoms with Crippen LogP contribution >= 0.6 is 46.4 Å². The number of fused-ring (bicyclic) bond motifs is 3. The van der Waals surface area contributed by atoms with Gasteiger partial charge < -0.3 is 29.8 Å². The molecule has 3 fully saturated rings. The third-order valence-corrected chi connectivity index (χ3v) is 14.6. The lowest BCUT2D eigenvalue weighted by Gasteiger charge is -2.40. The summed E-state index contributed by atoms with van der Waals surface area (Å²) in [7, 11) is 0. The number of nitrogens with zero attached hydrogens (tertiary/aromatic N) is 14. The predicted molar refractivity (Wildman–Crippen MR) is 310 cm³/mol. The fraction of sp³-hybridized carbons (Fsp3) is 0.263. The van der Waals surface area contributed by atoms with Gasteiger partial charge in [-0.2, -0.15) is 0 Å². The molecule has 404 valence electrons. The fourth-order valence-electron chi connectivity index (χ4n) is 9.54. The lowest BCUT2D eigenvalue weighted by Crippen LogP contribution is -2.54. The largest absolute Gasteiger partial charge is 0.348 e. The molecule has 3 aromatic carbocycles. The van der Waals surface area contributed by atoms with Crippen molar-refractivity contribution in [2.75, 3.05) is 68.7 Å². The Labute approximate surface area is 476 Å². The molecule has 0 saturated carbocycles. The average molecular weight is 1140 g/mol. The number of rotatable bonds is 5. The van der Waals surface area contributed by atoms with Gasteiger partial charge in [0.15, 0.2) is 32.2 Å². The molecule has 18 nitrogen and oxygen atoms in total. The Morgan fingerprint density at radius 3 is 1.27 bits per heavy atom. The maximum absolute atomic E-state index is 12.7. The van der Waals surface area contributed by atoms with Crippen molar-refractivity contribution < 1.29 is 14.4 Å². The molecular formula is C57H55Cl4N15O3. The van der Waals surface area contributed by atoms with Gasteiger partial charge in [0.1, 0.15) is 16.6 Å². The summed E-state index contributed by atoms with van der Waals surface area (Å²) in [5.41, 5.74) is 4.18. The molecule has 3 saturated heterocycles. The van der Waals surface area contributed by atoms with Crippen molar-refractivity contribution in [2.45, 2.75) is 38.9 Å². The summed E-state index contributed by atoms with van der Waals surface area (Å²) in [5, 5.41) is 30.9. The molecule has 6 aromatic heterocycles. The second kappa shape index (κ2) is 26.3. The van der Waals surface area contributed by atoms with Crippen LogP contribution in [0.5, 0.6) is 0 Å². The number of carbonyl (C=O) groups is 3. The summed E-state index contributed by atoms with van der Waals surface area (Å²) in [6.45, 7) is 12.6. The standard InChI is InChI=1S/2C19H18ClN5O.C12H16N2O.C7H3Cl2N3/c1-13-12-24(19(26)14-6-3-2-4-7-14)10-11-25(13)18-15-8-5-9-21-16(15)17(20)22-23-18;1-13-12-24(19(26)14-6-3-2-4-7-14)10-11-25(13)18-16-15(8-5-9-21-16)17(20)22-23-18;1-10-9-14(8-7-13-10)12(15)11-5-3-2-4-6-11;8-6-4-2-1-3-10-5(4)7(9)12-11-6/h2*2-9,13H,10-12H2,1H3;2-6,10,13H,7-9H2,1H3;1-3H/t2*13-;10-;/m111./s1. The second-order valence-electron chi connectivity index (χ2n) is 18.9. The number of pyridine rings is 3. The number of hydrogen-bond acceptors (Lipinski definition) is 15. The van der Waals surface area contributed by atoms with Crippen LogP contribution in [0.15, 0.2) is 146 Å². The van der Waals surface area contributed by atoms with E-state index in [2.05, 4.69) is 81.4 Å². The van der Waals surface area contributed by atoms with Gasteiger partial charge in [-0.25, -0.2) is 0 Å². The van der Waals surface area contributed by atoms with E-state index in [0.29, 0.717) is 88.7 Å². The number of carbonyl (C=O) groups excluding carboxylic acids is 3. The molecule has 3 atom stereocenters. The van der Waals surface area contributed by atoms with Gasteiger partial charge in [0.25, 0.3) is 17.7 Å². The summed E-state index contributed by atoms with van der Waals surface area (Å²) >= 11 is 23.8. The summed E-state index contributed by atoms with van der Waals surface area (Å²) in [4.78, 5) is 60.2. The molecule has 0 spiro atoms. The lowest BCUT2D eigenvalue weighted by molar-refractivity contribution is 0.0705. The molecule has 1 N–H and O–H groups in total. The van der Waals surface area contributed by atoms with E-state index in [9.17, 15) is 14.4 Å². The minimum atomic E-state index is 0.0577. The number of piperazine rings is 3. The van der Waals surface area contributed by atoms with Gasteiger partial charge in [-0.15, -0.1) is 30.6 Å². The quantitative estimate of drug-likeness (QED) is 0.171. The number of halogens is 4. The van der Waals surface area contributed by atoms with Crippen molar-refractivity contribution in [3.05, 3.63) is 183 Å². The monoisotopic (exact) mass is 1140 g/mol. The van der Waals surface area contributed by atoms with Gasteiger partial charge in [-0.1, -0.05) is 101 Å². The van der Waals surface area contributed by atoms with E-state index in [1.165, 1.54) is 0 Å². The Balaban J connectivity index is 0.000000134. The smallest absolute Gasteiger partial charge is 0.253 e. The topological polar surface area (TPSA) is 195 Å². The van der Waals surface area contributed by atoms with Gasteiger partial charge in [0.05, 0.1) is 0 Å². The highest BCUT2D eigenvalue weighted by Crippen LogP contribution is 2.31. The van der Waals surface area contributed by atoms with E-state index in [4.69, 9.17) is 46.4 Å². The van der Waals surface area contributed by atoms with E-state index in [1.54, 1.807) is 30.7 Å². The zero-order valence-corrected chi connectivity index (χ0v) is 46.5. The van der Waals surface area contributed by atoms with Crippen LogP contribution in [0.2, 0.25) is 20.6 Å². The average Bonchev–Trinajstić information content (AvgIpc) is 3.49. The Morgan fingerprint density at radius 2 is 0.797 bits per heavy atom. The second-order valence-corrected chi connectivity index (χ2v) is 20.3. The summed E-state index contributed by atoms with van der Waals surface area (Å²) in [5.74, 6) is 1.73. The minimum absolute atomic E-state index is 0.0577. The van der Waals surface area contributed by atoms with Crippen molar-refractivity contribution in [1.82, 2.24) is 65.6 Å². The van der Waals surface area contributed by atoms with Gasteiger partial charge in [-0.05, 0) is 93.6 Å². The van der Waals surface area contributed by atoms with Crippen LogP contribution in [0.25, 0.3) is 32.7 Å². The molecule has 79 heavy (non-hydrogen) atoms. The van der Waals surface area contributed by atoms with Crippen LogP contribution < -0.4 is 15.1 Å². The summed E-state index contributed by atoms with van der Waals surface area (Å²) < 4.78 is 0. The third-order valence-electron chi connectivity index (χ3n) is 13.5. The van der Waals surface area contributed by atoms with Crippen LogP contribution in [-0.2, 0) is 0 Å². The van der Waals surface area contributed by atoms with Crippen molar-refractivity contribution in [3.8, 4) is 0 Å². The first-order chi connectivity index (χ1) is 38.4. The van der Waals surface area contributed by atoms with Crippen LogP contribution in [0.3, 0.4) is 0 Å². The highest BCUT2D eigenvalue weighted by molar-refractivity contribution is 6.38. The summed E-state index contributed by atoms with van der Waals surface area (Å²) in [6.07, 6.45) is 5.05. The van der Waals surface area contributed by atoms with E-state index < -0.39 is 0 Å². The number of nitrogens with one attached hydrogen (secondary N) is 1. The highest BCUT2D eigenvalue weighted by atomic mass is 35.5. The zero-order valence-electron chi connectivity index (χ0n) is 43.5. The Morgan fingerprint density at radius 1 is 0.418 bits per heavy atom. The molecule has 3 aliphatic heterocycles. The number of aromatic nitrogens is 9. The SMILES string of the molecule is C[C@@H]1CN(C(=O)c2ccccc2)CCN1.C[C@@H]1CN(C(=O)c2ccccc2)CCN1c1nnc(Cl)c2cccnc12.C[C@@H]1CN(C(=O)c2ccccc2)CCN1c1nnc(Cl)c2ncccc12.Clc1nnc(Cl)c2ncccc12. The van der Waals surface area contributed by atoms with Gasteiger partial charge in [0.2, 0.25) is 0 Å². The Bertz CT molecular complexity index is 3360. The third kappa shape index (κ3) is 13.4. The number of amides is 3. The van der Waals surface area contributed by atoms with Crippen LogP contribution in [0.4, 0.5) is 11.6 Å². The molecule has 9 heterocycles. The van der Waals surface area contributed by atoms with Crippen LogP contribution in [-0.4, -0.2) is 155 Å². The number of benzene rings is 3. The number of anilines is 2. The van der Waals surface area contributed by atoms with Crippen molar-refractivity contribution in [3.63, 3.8) is 0 Å². The van der Waals surface area contributed by atoms with Crippen molar-refractivity contribution in [2.24, 2.45) is 0 Å². The minimum Gasteiger partial charge on any atom is -0.348 e. The van der Waals surface area contributed by atoms with E-state index in [1.807, 2.05) is 130 Å². The van der Waals surface area contributed by atoms with E-state index in [0.717, 1.165) is 52.7 Å². The highest BCUT2D eigenvalue weighted by Gasteiger charge is 2.32. The molecule has 0 aliphatic carbocycles. The van der Waals surface area contributed by atoms with E-state index in [-0.39, 0.29) is 35.0 Å². The zero-order chi connectivity index (χ0) is 55.4. The molecule has 22 heteroatoms.